The van der Waals surface area contributed by atoms with E-state index in [-0.39, 0.29) is 16.7 Å². The molecule has 148 valence electrons. The molecule has 0 spiro atoms. The number of methoxy groups -OCH3 is 1. The zero-order valence-electron chi connectivity index (χ0n) is 15.5. The van der Waals surface area contributed by atoms with E-state index >= 15 is 0 Å². The molecule has 0 aromatic heterocycles. The fourth-order valence-electron chi connectivity index (χ4n) is 2.21. The highest BCUT2D eigenvalue weighted by atomic mass is 32.2. The normalized spacial score (nSPS) is 10.8. The van der Waals surface area contributed by atoms with E-state index in [1.54, 1.807) is 0 Å². The van der Waals surface area contributed by atoms with Crippen LogP contribution in [0.5, 0.6) is 0 Å². The molecule has 2 aromatic rings. The van der Waals surface area contributed by atoms with E-state index < -0.39 is 34.4 Å². The highest BCUT2D eigenvalue weighted by Gasteiger charge is 2.15. The van der Waals surface area contributed by atoms with Crippen molar-refractivity contribution in [3.05, 3.63) is 65.2 Å². The van der Waals surface area contributed by atoms with Crippen LogP contribution in [0.4, 0.5) is 5.69 Å². The monoisotopic (exact) mass is 405 g/mol. The standard InChI is InChI=1S/C19H19NO7S/c1-20(28(3,24)25)16-10-8-13(9-11-16)17(21)12-27-19(23)15-6-4-14(5-7-15)18(22)26-2/h4-11H,12H2,1-3H3. The number of hydrogen-bond acceptors (Lipinski definition) is 7. The summed E-state index contributed by atoms with van der Waals surface area (Å²) < 4.78 is 33.7. The third-order valence-corrected chi connectivity index (χ3v) is 5.13. The average molecular weight is 405 g/mol. The quantitative estimate of drug-likeness (QED) is 0.511. The molecule has 0 bridgehead atoms. The number of nitrogens with zero attached hydrogens (tertiary/aromatic N) is 1. The van der Waals surface area contributed by atoms with E-state index in [1.165, 1.54) is 62.7 Å². The lowest BCUT2D eigenvalue weighted by Crippen LogP contribution is -2.24. The Kier molecular flexibility index (Phi) is 6.53. The Labute approximate surface area is 162 Å². The third-order valence-electron chi connectivity index (χ3n) is 3.93. The van der Waals surface area contributed by atoms with E-state index in [2.05, 4.69) is 4.74 Å². The maximum absolute atomic E-state index is 12.2. The zero-order valence-corrected chi connectivity index (χ0v) is 16.4. The summed E-state index contributed by atoms with van der Waals surface area (Å²) in [6, 6.07) is 11.5. The minimum Gasteiger partial charge on any atom is -0.465 e. The van der Waals surface area contributed by atoms with Crippen molar-refractivity contribution in [1.29, 1.82) is 0 Å². The third kappa shape index (κ3) is 5.17. The SMILES string of the molecule is COC(=O)c1ccc(C(=O)OCC(=O)c2ccc(N(C)S(C)(=O)=O)cc2)cc1. The molecule has 0 amide bonds. The molecule has 9 heteroatoms. The number of sulfonamides is 1. The summed E-state index contributed by atoms with van der Waals surface area (Å²) in [6.45, 7) is -0.473. The summed E-state index contributed by atoms with van der Waals surface area (Å²) in [5.41, 5.74) is 1.15. The Morgan fingerprint density at radius 3 is 1.79 bits per heavy atom. The fourth-order valence-corrected chi connectivity index (χ4v) is 2.71. The molecule has 0 aliphatic carbocycles. The highest BCUT2D eigenvalue weighted by molar-refractivity contribution is 7.92. The van der Waals surface area contributed by atoms with E-state index in [9.17, 15) is 22.8 Å². The van der Waals surface area contributed by atoms with Crippen LogP contribution in [0.2, 0.25) is 0 Å². The minimum atomic E-state index is -3.40. The molecule has 2 aromatic carbocycles. The lowest BCUT2D eigenvalue weighted by Gasteiger charge is -2.16. The number of ketones is 1. The van der Waals surface area contributed by atoms with Crippen molar-refractivity contribution in [2.75, 3.05) is 31.3 Å². The van der Waals surface area contributed by atoms with Crippen molar-refractivity contribution >= 4 is 33.4 Å². The largest absolute Gasteiger partial charge is 0.465 e. The van der Waals surface area contributed by atoms with Crippen molar-refractivity contribution in [2.24, 2.45) is 0 Å². The molecule has 0 saturated carbocycles. The molecule has 0 atom stereocenters. The number of Topliss-reactive ketones (excluding diaryl/α,β-unsaturated/α-hetero) is 1. The van der Waals surface area contributed by atoms with E-state index in [4.69, 9.17) is 4.74 Å². The van der Waals surface area contributed by atoms with Gasteiger partial charge in [0.05, 0.1) is 30.2 Å². The number of rotatable bonds is 7. The Bertz CT molecular complexity index is 980. The molecule has 28 heavy (non-hydrogen) atoms. The van der Waals surface area contributed by atoms with Crippen molar-refractivity contribution in [2.45, 2.75) is 0 Å². The van der Waals surface area contributed by atoms with Gasteiger partial charge in [-0.25, -0.2) is 18.0 Å². The van der Waals surface area contributed by atoms with Gasteiger partial charge in [0.1, 0.15) is 0 Å². The Morgan fingerprint density at radius 1 is 0.857 bits per heavy atom. The summed E-state index contributed by atoms with van der Waals surface area (Å²) in [5, 5.41) is 0. The number of hydrogen-bond donors (Lipinski definition) is 0. The van der Waals surface area contributed by atoms with Gasteiger partial charge in [0.2, 0.25) is 10.0 Å². The van der Waals surface area contributed by atoms with Crippen LogP contribution in [0.25, 0.3) is 0 Å². The van der Waals surface area contributed by atoms with Crippen molar-refractivity contribution in [3.8, 4) is 0 Å². The minimum absolute atomic E-state index is 0.186. The van der Waals surface area contributed by atoms with Gasteiger partial charge >= 0.3 is 11.9 Å². The summed E-state index contributed by atoms with van der Waals surface area (Å²) in [4.78, 5) is 35.6. The van der Waals surface area contributed by atoms with E-state index in [1.807, 2.05) is 0 Å². The second kappa shape index (κ2) is 8.66. The summed E-state index contributed by atoms with van der Waals surface area (Å²) in [5.74, 6) is -1.67. The predicted octanol–water partition coefficient (Wildman–Crippen LogP) is 1.91. The first kappa shape index (κ1) is 21.1. The van der Waals surface area contributed by atoms with E-state index in [0.717, 1.165) is 10.6 Å². The molecule has 0 heterocycles. The molecule has 0 aliphatic heterocycles. The molecule has 8 nitrogen and oxygen atoms in total. The molecule has 0 saturated heterocycles. The molecule has 0 N–H and O–H groups in total. The number of esters is 2. The number of carbonyl (C=O) groups excluding carboxylic acids is 3. The molecule has 0 unspecified atom stereocenters. The van der Waals surface area contributed by atoms with Crippen LogP contribution in [0, 0.1) is 0 Å². The number of ether oxygens (including phenoxy) is 2. The molecule has 2 rings (SSSR count). The van der Waals surface area contributed by atoms with Crippen LogP contribution >= 0.6 is 0 Å². The Hall–Kier alpha value is -3.20. The van der Waals surface area contributed by atoms with Gasteiger partial charge in [-0.05, 0) is 48.5 Å². The van der Waals surface area contributed by atoms with Crippen molar-refractivity contribution < 1.29 is 32.3 Å². The number of benzene rings is 2. The first-order valence-corrected chi connectivity index (χ1v) is 9.91. The summed E-state index contributed by atoms with van der Waals surface area (Å²) in [7, 11) is -0.747. The fraction of sp³-hybridized carbons (Fsp3) is 0.211. The van der Waals surface area contributed by atoms with Crippen LogP contribution in [-0.2, 0) is 19.5 Å². The van der Waals surface area contributed by atoms with Crippen LogP contribution in [-0.4, -0.2) is 53.2 Å². The van der Waals surface area contributed by atoms with Gasteiger partial charge in [-0.3, -0.25) is 9.10 Å². The topological polar surface area (TPSA) is 107 Å². The second-order valence-electron chi connectivity index (χ2n) is 5.85. The maximum atomic E-state index is 12.2. The lowest BCUT2D eigenvalue weighted by atomic mass is 10.1. The van der Waals surface area contributed by atoms with Gasteiger partial charge < -0.3 is 9.47 Å². The van der Waals surface area contributed by atoms with Crippen LogP contribution in [0.3, 0.4) is 0 Å². The number of carbonyl (C=O) groups is 3. The summed E-state index contributed by atoms with van der Waals surface area (Å²) >= 11 is 0. The molecular formula is C19H19NO7S. The molecule has 0 fully saturated rings. The smallest absolute Gasteiger partial charge is 0.338 e. The average Bonchev–Trinajstić information content (AvgIpc) is 2.70. The van der Waals surface area contributed by atoms with Gasteiger partial charge in [-0.1, -0.05) is 0 Å². The van der Waals surface area contributed by atoms with Crippen molar-refractivity contribution in [1.82, 2.24) is 0 Å². The maximum Gasteiger partial charge on any atom is 0.338 e. The van der Waals surface area contributed by atoms with Gasteiger partial charge in [-0.2, -0.15) is 0 Å². The Balaban J connectivity index is 1.98. The first-order valence-electron chi connectivity index (χ1n) is 8.06. The van der Waals surface area contributed by atoms with Gasteiger partial charge in [0, 0.05) is 12.6 Å². The lowest BCUT2D eigenvalue weighted by molar-refractivity contribution is 0.0474. The Morgan fingerprint density at radius 2 is 1.32 bits per heavy atom. The molecule has 0 aliphatic rings. The van der Waals surface area contributed by atoms with Crippen LogP contribution in [0.15, 0.2) is 48.5 Å². The van der Waals surface area contributed by atoms with Crippen molar-refractivity contribution in [3.63, 3.8) is 0 Å². The second-order valence-corrected chi connectivity index (χ2v) is 7.86. The molecular weight excluding hydrogens is 386 g/mol. The van der Waals surface area contributed by atoms with Gasteiger partial charge in [-0.15, -0.1) is 0 Å². The molecule has 0 radical (unpaired) electrons. The van der Waals surface area contributed by atoms with Crippen LogP contribution in [0.1, 0.15) is 31.1 Å². The first-order chi connectivity index (χ1) is 13.1. The van der Waals surface area contributed by atoms with E-state index in [0.29, 0.717) is 5.69 Å². The predicted molar refractivity (Wildman–Crippen MR) is 102 cm³/mol. The summed E-state index contributed by atoms with van der Waals surface area (Å²) in [6.07, 6.45) is 1.07. The van der Waals surface area contributed by atoms with Gasteiger partial charge in [0.25, 0.3) is 0 Å². The van der Waals surface area contributed by atoms with Crippen LogP contribution < -0.4 is 4.31 Å². The highest BCUT2D eigenvalue weighted by Crippen LogP contribution is 2.17. The van der Waals surface area contributed by atoms with Gasteiger partial charge in [0.15, 0.2) is 12.4 Å². The zero-order chi connectivity index (χ0) is 20.9. The number of anilines is 1.